The van der Waals surface area contributed by atoms with Gasteiger partial charge >= 0.3 is 5.97 Å². The van der Waals surface area contributed by atoms with Gasteiger partial charge in [-0.1, -0.05) is 35.9 Å². The molecule has 0 saturated carbocycles. The third-order valence-corrected chi connectivity index (χ3v) is 4.13. The molecule has 0 aliphatic heterocycles. The Hall–Kier alpha value is -1.74. The summed E-state index contributed by atoms with van der Waals surface area (Å²) >= 11 is 1.57. The SMILES string of the molecule is Cc1ccc(SCc2ccccc2C)c(C(=O)O)c1. The first kappa shape index (κ1) is 13.7. The summed E-state index contributed by atoms with van der Waals surface area (Å²) in [5.41, 5.74) is 3.83. The van der Waals surface area contributed by atoms with E-state index >= 15 is 0 Å². The molecule has 0 radical (unpaired) electrons. The van der Waals surface area contributed by atoms with E-state index in [4.69, 9.17) is 0 Å². The van der Waals surface area contributed by atoms with Crippen LogP contribution in [0.4, 0.5) is 0 Å². The van der Waals surface area contributed by atoms with E-state index in [1.807, 2.05) is 31.2 Å². The van der Waals surface area contributed by atoms with Gasteiger partial charge in [0.1, 0.15) is 0 Å². The summed E-state index contributed by atoms with van der Waals surface area (Å²) in [6, 6.07) is 13.7. The van der Waals surface area contributed by atoms with Gasteiger partial charge in [0.15, 0.2) is 0 Å². The van der Waals surface area contributed by atoms with Crippen molar-refractivity contribution < 1.29 is 9.90 Å². The summed E-state index contributed by atoms with van der Waals surface area (Å²) in [6.07, 6.45) is 0. The zero-order chi connectivity index (χ0) is 13.8. The molecule has 0 atom stereocenters. The topological polar surface area (TPSA) is 37.3 Å². The smallest absolute Gasteiger partial charge is 0.336 e. The molecule has 0 aliphatic carbocycles. The van der Waals surface area contributed by atoms with E-state index in [2.05, 4.69) is 19.1 Å². The van der Waals surface area contributed by atoms with E-state index in [0.29, 0.717) is 5.56 Å². The lowest BCUT2D eigenvalue weighted by atomic mass is 10.1. The monoisotopic (exact) mass is 272 g/mol. The number of benzene rings is 2. The molecule has 19 heavy (non-hydrogen) atoms. The fourth-order valence-corrected chi connectivity index (χ4v) is 2.97. The molecule has 0 amide bonds. The number of carbonyl (C=O) groups is 1. The summed E-state index contributed by atoms with van der Waals surface area (Å²) in [5, 5.41) is 9.23. The molecule has 0 aliphatic rings. The first-order valence-corrected chi connectivity index (χ1v) is 7.08. The van der Waals surface area contributed by atoms with Gasteiger partial charge in [-0.3, -0.25) is 0 Å². The van der Waals surface area contributed by atoms with Gasteiger partial charge in [0.25, 0.3) is 0 Å². The van der Waals surface area contributed by atoms with Gasteiger partial charge < -0.3 is 5.11 Å². The number of rotatable bonds is 4. The fourth-order valence-electron chi connectivity index (χ4n) is 1.86. The maximum Gasteiger partial charge on any atom is 0.336 e. The second-order valence-electron chi connectivity index (χ2n) is 4.52. The molecule has 0 heterocycles. The number of aryl methyl sites for hydroxylation is 2. The van der Waals surface area contributed by atoms with Crippen LogP contribution in [-0.2, 0) is 5.75 Å². The zero-order valence-electron chi connectivity index (χ0n) is 11.0. The Morgan fingerprint density at radius 1 is 1.16 bits per heavy atom. The lowest BCUT2D eigenvalue weighted by Crippen LogP contribution is -1.99. The van der Waals surface area contributed by atoms with Gasteiger partial charge in [0, 0.05) is 10.6 Å². The first-order valence-electron chi connectivity index (χ1n) is 6.09. The van der Waals surface area contributed by atoms with Crippen molar-refractivity contribution in [1.82, 2.24) is 0 Å². The summed E-state index contributed by atoms with van der Waals surface area (Å²) in [6.45, 7) is 3.98. The quantitative estimate of drug-likeness (QED) is 0.843. The number of aromatic carboxylic acids is 1. The van der Waals surface area contributed by atoms with Gasteiger partial charge in [-0.15, -0.1) is 11.8 Å². The van der Waals surface area contributed by atoms with Crippen LogP contribution in [0.3, 0.4) is 0 Å². The van der Waals surface area contributed by atoms with Crippen LogP contribution in [0.2, 0.25) is 0 Å². The molecule has 0 spiro atoms. The van der Waals surface area contributed by atoms with E-state index in [1.165, 1.54) is 11.1 Å². The molecule has 0 bridgehead atoms. The minimum Gasteiger partial charge on any atom is -0.478 e. The lowest BCUT2D eigenvalue weighted by molar-refractivity contribution is 0.0693. The minimum absolute atomic E-state index is 0.388. The molecule has 0 unspecified atom stereocenters. The predicted octanol–water partition coefficient (Wildman–Crippen LogP) is 4.29. The van der Waals surface area contributed by atoms with Gasteiger partial charge in [-0.05, 0) is 37.1 Å². The minimum atomic E-state index is -0.865. The van der Waals surface area contributed by atoms with Gasteiger partial charge in [-0.2, -0.15) is 0 Å². The molecule has 0 fully saturated rings. The average molecular weight is 272 g/mol. The molecule has 2 aromatic carbocycles. The summed E-state index contributed by atoms with van der Waals surface area (Å²) in [4.78, 5) is 12.1. The van der Waals surface area contributed by atoms with E-state index in [0.717, 1.165) is 16.2 Å². The van der Waals surface area contributed by atoms with Crippen molar-refractivity contribution in [3.63, 3.8) is 0 Å². The molecule has 2 nitrogen and oxygen atoms in total. The van der Waals surface area contributed by atoms with E-state index in [1.54, 1.807) is 17.8 Å². The normalized spacial score (nSPS) is 10.4. The molecule has 1 N–H and O–H groups in total. The van der Waals surface area contributed by atoms with Crippen LogP contribution in [0.25, 0.3) is 0 Å². The van der Waals surface area contributed by atoms with E-state index < -0.39 is 5.97 Å². The Balaban J connectivity index is 2.20. The zero-order valence-corrected chi connectivity index (χ0v) is 11.8. The molecule has 98 valence electrons. The fraction of sp³-hybridized carbons (Fsp3) is 0.188. The lowest BCUT2D eigenvalue weighted by Gasteiger charge is -2.08. The van der Waals surface area contributed by atoms with Crippen molar-refractivity contribution in [2.24, 2.45) is 0 Å². The molecule has 0 aromatic heterocycles. The van der Waals surface area contributed by atoms with Crippen LogP contribution in [-0.4, -0.2) is 11.1 Å². The summed E-state index contributed by atoms with van der Waals surface area (Å²) in [7, 11) is 0. The van der Waals surface area contributed by atoms with Crippen molar-refractivity contribution >= 4 is 17.7 Å². The largest absolute Gasteiger partial charge is 0.478 e. The Morgan fingerprint density at radius 3 is 2.58 bits per heavy atom. The first-order chi connectivity index (χ1) is 9.08. The second-order valence-corrected chi connectivity index (χ2v) is 5.54. The molecular formula is C16H16O2S. The summed E-state index contributed by atoms with van der Waals surface area (Å²) in [5.74, 6) is -0.0771. The van der Waals surface area contributed by atoms with Crippen LogP contribution < -0.4 is 0 Å². The van der Waals surface area contributed by atoms with Crippen LogP contribution in [0.15, 0.2) is 47.4 Å². The standard InChI is InChI=1S/C16H16O2S/c1-11-7-8-15(14(9-11)16(17)18)19-10-13-6-4-3-5-12(13)2/h3-9H,10H2,1-2H3,(H,17,18). The van der Waals surface area contributed by atoms with Crippen LogP contribution in [0, 0.1) is 13.8 Å². The Kier molecular flexibility index (Phi) is 4.27. The third-order valence-electron chi connectivity index (χ3n) is 3.01. The number of hydrogen-bond donors (Lipinski definition) is 1. The third kappa shape index (κ3) is 3.38. The van der Waals surface area contributed by atoms with Gasteiger partial charge in [-0.25, -0.2) is 4.79 Å². The van der Waals surface area contributed by atoms with Crippen molar-refractivity contribution in [3.05, 3.63) is 64.7 Å². The molecular weight excluding hydrogens is 256 g/mol. The van der Waals surface area contributed by atoms with Crippen molar-refractivity contribution in [2.75, 3.05) is 0 Å². The Bertz CT molecular complexity index is 605. The van der Waals surface area contributed by atoms with Gasteiger partial charge in [0.2, 0.25) is 0 Å². The molecule has 0 saturated heterocycles. The van der Waals surface area contributed by atoms with Crippen LogP contribution in [0.5, 0.6) is 0 Å². The highest BCUT2D eigenvalue weighted by molar-refractivity contribution is 7.98. The highest BCUT2D eigenvalue weighted by atomic mass is 32.2. The van der Waals surface area contributed by atoms with E-state index in [-0.39, 0.29) is 0 Å². The van der Waals surface area contributed by atoms with Crippen molar-refractivity contribution in [1.29, 1.82) is 0 Å². The molecule has 2 aromatic rings. The molecule has 2 rings (SSSR count). The average Bonchev–Trinajstić information content (AvgIpc) is 2.38. The summed E-state index contributed by atoms with van der Waals surface area (Å²) < 4.78 is 0. The highest BCUT2D eigenvalue weighted by Gasteiger charge is 2.11. The van der Waals surface area contributed by atoms with E-state index in [9.17, 15) is 9.90 Å². The Labute approximate surface area is 117 Å². The van der Waals surface area contributed by atoms with Crippen LogP contribution >= 0.6 is 11.8 Å². The number of carboxylic acid groups (broad SMARTS) is 1. The maximum atomic E-state index is 11.2. The van der Waals surface area contributed by atoms with Crippen molar-refractivity contribution in [3.8, 4) is 0 Å². The van der Waals surface area contributed by atoms with Crippen molar-refractivity contribution in [2.45, 2.75) is 24.5 Å². The number of thioether (sulfide) groups is 1. The maximum absolute atomic E-state index is 11.2. The number of hydrogen-bond acceptors (Lipinski definition) is 2. The number of carboxylic acids is 1. The Morgan fingerprint density at radius 2 is 1.89 bits per heavy atom. The predicted molar refractivity (Wildman–Crippen MR) is 78.9 cm³/mol. The van der Waals surface area contributed by atoms with Gasteiger partial charge in [0.05, 0.1) is 5.56 Å². The second kappa shape index (κ2) is 5.93. The molecule has 3 heteroatoms. The highest BCUT2D eigenvalue weighted by Crippen LogP contribution is 2.28. The van der Waals surface area contributed by atoms with Crippen LogP contribution in [0.1, 0.15) is 27.0 Å².